The molecule has 2 amide bonds. The van der Waals surface area contributed by atoms with Gasteiger partial charge in [0.2, 0.25) is 11.8 Å². The van der Waals surface area contributed by atoms with E-state index in [1.165, 1.54) is 24.0 Å². The van der Waals surface area contributed by atoms with Gasteiger partial charge in [0, 0.05) is 37.7 Å². The van der Waals surface area contributed by atoms with E-state index in [0.717, 1.165) is 54.9 Å². The molecule has 6 heteroatoms. The number of aryl methyl sites for hydroxylation is 2. The molecule has 1 aromatic heterocycles. The summed E-state index contributed by atoms with van der Waals surface area (Å²) in [4.78, 5) is 38.0. The van der Waals surface area contributed by atoms with Crippen LogP contribution in [0.4, 0.5) is 5.69 Å². The second-order valence-electron chi connectivity index (χ2n) is 9.92. The number of likely N-dealkylation sites (tertiary alicyclic amines) is 1. The molecule has 2 aliphatic rings. The number of imidazole rings is 1. The molecular formula is C28H34N4O2. The van der Waals surface area contributed by atoms with Crippen LogP contribution in [0.2, 0.25) is 0 Å². The lowest BCUT2D eigenvalue weighted by atomic mass is 9.95. The first-order valence-corrected chi connectivity index (χ1v) is 12.7. The molecular weight excluding hydrogens is 424 g/mol. The van der Waals surface area contributed by atoms with Crippen molar-refractivity contribution in [3.8, 4) is 0 Å². The van der Waals surface area contributed by atoms with E-state index < -0.39 is 0 Å². The van der Waals surface area contributed by atoms with E-state index in [1.807, 2.05) is 17.0 Å². The summed E-state index contributed by atoms with van der Waals surface area (Å²) in [7, 11) is 0. The molecule has 1 unspecified atom stereocenters. The Hall–Kier alpha value is -3.15. The standard InChI is InChI=1S/C28H34N4O2/c1-3-4-5-20-7-9-23(10-8-20)32-18-22(17-26(32)33)28(34)31-14-12-21(13-15-31)27-29-24-11-6-19(2)16-25(24)30-27/h6-11,16,21-22H,3-5,12-15,17-18H2,1-2H3,(H,29,30). The van der Waals surface area contributed by atoms with E-state index in [9.17, 15) is 9.59 Å². The lowest BCUT2D eigenvalue weighted by Gasteiger charge is -2.32. The summed E-state index contributed by atoms with van der Waals surface area (Å²) in [6.45, 7) is 6.19. The van der Waals surface area contributed by atoms with E-state index in [0.29, 0.717) is 18.9 Å². The van der Waals surface area contributed by atoms with Crippen molar-refractivity contribution in [3.63, 3.8) is 0 Å². The molecule has 1 N–H and O–H groups in total. The van der Waals surface area contributed by atoms with Gasteiger partial charge in [-0.25, -0.2) is 4.98 Å². The number of hydrogen-bond acceptors (Lipinski definition) is 3. The molecule has 3 aromatic rings. The summed E-state index contributed by atoms with van der Waals surface area (Å²) in [6, 6.07) is 14.5. The molecule has 2 saturated heterocycles. The number of unbranched alkanes of at least 4 members (excludes halogenated alkanes) is 1. The molecule has 2 fully saturated rings. The van der Waals surface area contributed by atoms with Gasteiger partial charge < -0.3 is 14.8 Å². The van der Waals surface area contributed by atoms with Crippen LogP contribution in [0.15, 0.2) is 42.5 Å². The minimum Gasteiger partial charge on any atom is -0.342 e. The van der Waals surface area contributed by atoms with Crippen LogP contribution in [0.3, 0.4) is 0 Å². The van der Waals surface area contributed by atoms with Crippen molar-refractivity contribution in [2.24, 2.45) is 5.92 Å². The third-order valence-corrected chi connectivity index (χ3v) is 7.39. The topological polar surface area (TPSA) is 69.3 Å². The third-order valence-electron chi connectivity index (χ3n) is 7.39. The summed E-state index contributed by atoms with van der Waals surface area (Å²) < 4.78 is 0. The molecule has 0 saturated carbocycles. The highest BCUT2D eigenvalue weighted by molar-refractivity contribution is 6.00. The molecule has 34 heavy (non-hydrogen) atoms. The number of aromatic nitrogens is 2. The quantitative estimate of drug-likeness (QED) is 0.567. The number of rotatable bonds is 6. The number of carbonyl (C=O) groups is 2. The molecule has 2 aromatic carbocycles. The van der Waals surface area contributed by atoms with Crippen molar-refractivity contribution in [1.29, 1.82) is 0 Å². The Morgan fingerprint density at radius 1 is 1.12 bits per heavy atom. The molecule has 6 nitrogen and oxygen atoms in total. The molecule has 0 spiro atoms. The van der Waals surface area contributed by atoms with Gasteiger partial charge in [0.15, 0.2) is 0 Å². The van der Waals surface area contributed by atoms with Crippen LogP contribution in [0, 0.1) is 12.8 Å². The van der Waals surface area contributed by atoms with Gasteiger partial charge in [-0.15, -0.1) is 0 Å². The van der Waals surface area contributed by atoms with E-state index in [-0.39, 0.29) is 17.7 Å². The van der Waals surface area contributed by atoms with E-state index in [2.05, 4.69) is 49.2 Å². The van der Waals surface area contributed by atoms with Gasteiger partial charge in [0.1, 0.15) is 5.82 Å². The normalized spacial score (nSPS) is 19.4. The Labute approximate surface area is 201 Å². The molecule has 178 valence electrons. The summed E-state index contributed by atoms with van der Waals surface area (Å²) in [5, 5.41) is 0. The van der Waals surface area contributed by atoms with Crippen LogP contribution in [0.25, 0.3) is 11.0 Å². The number of anilines is 1. The van der Waals surface area contributed by atoms with Crippen LogP contribution in [0.5, 0.6) is 0 Å². The minimum atomic E-state index is -0.252. The Bertz CT molecular complexity index is 1170. The monoisotopic (exact) mass is 458 g/mol. The van der Waals surface area contributed by atoms with Gasteiger partial charge in [0.05, 0.1) is 17.0 Å². The fraction of sp³-hybridized carbons (Fsp3) is 0.464. The molecule has 0 radical (unpaired) electrons. The number of fused-ring (bicyclic) bond motifs is 1. The summed E-state index contributed by atoms with van der Waals surface area (Å²) >= 11 is 0. The van der Waals surface area contributed by atoms with Crippen molar-refractivity contribution in [1.82, 2.24) is 14.9 Å². The van der Waals surface area contributed by atoms with Gasteiger partial charge in [-0.05, 0) is 68.0 Å². The van der Waals surface area contributed by atoms with Crippen molar-refractivity contribution >= 4 is 28.5 Å². The first-order valence-electron chi connectivity index (χ1n) is 12.7. The number of aromatic amines is 1. The average Bonchev–Trinajstić information content (AvgIpc) is 3.46. The van der Waals surface area contributed by atoms with Gasteiger partial charge >= 0.3 is 0 Å². The van der Waals surface area contributed by atoms with E-state index in [1.54, 1.807) is 4.90 Å². The van der Waals surface area contributed by atoms with Crippen molar-refractivity contribution in [3.05, 3.63) is 59.4 Å². The number of benzene rings is 2. The van der Waals surface area contributed by atoms with Crippen LogP contribution >= 0.6 is 0 Å². The highest BCUT2D eigenvalue weighted by atomic mass is 16.2. The Morgan fingerprint density at radius 2 is 1.88 bits per heavy atom. The zero-order chi connectivity index (χ0) is 23.7. The van der Waals surface area contributed by atoms with Crippen LogP contribution < -0.4 is 4.90 Å². The maximum absolute atomic E-state index is 13.2. The average molecular weight is 459 g/mol. The van der Waals surface area contributed by atoms with Crippen LogP contribution in [-0.4, -0.2) is 46.3 Å². The number of H-pyrrole nitrogens is 1. The smallest absolute Gasteiger partial charge is 0.228 e. The van der Waals surface area contributed by atoms with Crippen LogP contribution in [-0.2, 0) is 16.0 Å². The molecule has 5 rings (SSSR count). The van der Waals surface area contributed by atoms with Crippen molar-refractivity contribution in [2.75, 3.05) is 24.5 Å². The fourth-order valence-corrected chi connectivity index (χ4v) is 5.31. The number of nitrogens with zero attached hydrogens (tertiary/aromatic N) is 3. The summed E-state index contributed by atoms with van der Waals surface area (Å²) in [5.74, 6) is 1.28. The Morgan fingerprint density at radius 3 is 2.62 bits per heavy atom. The second kappa shape index (κ2) is 9.61. The molecule has 0 bridgehead atoms. The SMILES string of the molecule is CCCCc1ccc(N2CC(C(=O)N3CCC(c4nc5ccc(C)cc5[nH]4)CC3)CC2=O)cc1. The molecule has 2 aliphatic heterocycles. The molecule has 3 heterocycles. The fourth-order valence-electron chi connectivity index (χ4n) is 5.31. The lowest BCUT2D eigenvalue weighted by Crippen LogP contribution is -2.42. The van der Waals surface area contributed by atoms with Crippen LogP contribution in [0.1, 0.15) is 61.9 Å². The number of amides is 2. The van der Waals surface area contributed by atoms with Crippen molar-refractivity contribution in [2.45, 2.75) is 58.3 Å². The van der Waals surface area contributed by atoms with Crippen molar-refractivity contribution < 1.29 is 9.59 Å². The maximum Gasteiger partial charge on any atom is 0.228 e. The largest absolute Gasteiger partial charge is 0.342 e. The lowest BCUT2D eigenvalue weighted by molar-refractivity contribution is -0.136. The molecule has 1 atom stereocenters. The zero-order valence-electron chi connectivity index (χ0n) is 20.2. The van der Waals surface area contributed by atoms with Gasteiger partial charge in [-0.2, -0.15) is 0 Å². The van der Waals surface area contributed by atoms with E-state index >= 15 is 0 Å². The Balaban J connectivity index is 1.18. The number of hydrogen-bond donors (Lipinski definition) is 1. The Kier molecular flexibility index (Phi) is 6.40. The number of piperidine rings is 1. The summed E-state index contributed by atoms with van der Waals surface area (Å²) in [5.41, 5.74) is 5.50. The third kappa shape index (κ3) is 4.59. The zero-order valence-corrected chi connectivity index (χ0v) is 20.2. The minimum absolute atomic E-state index is 0.0483. The van der Waals surface area contributed by atoms with Gasteiger partial charge in [-0.3, -0.25) is 9.59 Å². The highest BCUT2D eigenvalue weighted by Crippen LogP contribution is 2.31. The first kappa shape index (κ1) is 22.6. The predicted molar refractivity (Wildman–Crippen MR) is 135 cm³/mol. The molecule has 0 aliphatic carbocycles. The van der Waals surface area contributed by atoms with Gasteiger partial charge in [0.25, 0.3) is 0 Å². The second-order valence-corrected chi connectivity index (χ2v) is 9.92. The summed E-state index contributed by atoms with van der Waals surface area (Å²) in [6.07, 6.45) is 5.51. The number of nitrogens with one attached hydrogen (secondary N) is 1. The highest BCUT2D eigenvalue weighted by Gasteiger charge is 2.38. The number of carbonyl (C=O) groups excluding carboxylic acids is 2. The predicted octanol–water partition coefficient (Wildman–Crippen LogP) is 4.97. The van der Waals surface area contributed by atoms with E-state index in [4.69, 9.17) is 4.98 Å². The maximum atomic E-state index is 13.2. The first-order chi connectivity index (χ1) is 16.5. The van der Waals surface area contributed by atoms with Gasteiger partial charge in [-0.1, -0.05) is 31.5 Å².